The molecule has 0 fully saturated rings. The normalized spacial score (nSPS) is 22.8. The highest BCUT2D eigenvalue weighted by atomic mass is 16.3. The van der Waals surface area contributed by atoms with Crippen molar-refractivity contribution >= 4 is 0 Å². The Bertz CT molecular complexity index is 574. The van der Waals surface area contributed by atoms with Crippen LogP contribution in [0.25, 0.3) is 0 Å². The topological polar surface area (TPSA) is 38.0 Å². The molecule has 2 unspecified atom stereocenters. The zero-order valence-electron chi connectivity index (χ0n) is 10.8. The van der Waals surface area contributed by atoms with Crippen LogP contribution < -0.4 is 0 Å². The fourth-order valence-corrected chi connectivity index (χ4v) is 2.90. The van der Waals surface area contributed by atoms with Crippen LogP contribution in [-0.4, -0.2) is 14.9 Å². The quantitative estimate of drug-likeness (QED) is 0.834. The van der Waals surface area contributed by atoms with Crippen LogP contribution in [0.5, 0.6) is 0 Å². The van der Waals surface area contributed by atoms with Gasteiger partial charge in [0, 0.05) is 18.3 Å². The minimum atomic E-state index is -0.382. The van der Waals surface area contributed by atoms with E-state index in [4.69, 9.17) is 0 Å². The second kappa shape index (κ2) is 4.25. The SMILES string of the molecule is Cc1cccc(C2Cc3c(cnn3C)C(O)C2)c1. The average molecular weight is 242 g/mol. The van der Waals surface area contributed by atoms with E-state index in [1.54, 1.807) is 6.20 Å². The van der Waals surface area contributed by atoms with Gasteiger partial charge in [-0.3, -0.25) is 4.68 Å². The lowest BCUT2D eigenvalue weighted by Gasteiger charge is -2.27. The van der Waals surface area contributed by atoms with E-state index >= 15 is 0 Å². The van der Waals surface area contributed by atoms with Crippen LogP contribution in [0.2, 0.25) is 0 Å². The molecule has 2 aromatic rings. The highest BCUT2D eigenvalue weighted by Crippen LogP contribution is 2.38. The summed E-state index contributed by atoms with van der Waals surface area (Å²) in [4.78, 5) is 0. The molecule has 3 nitrogen and oxygen atoms in total. The number of aliphatic hydroxyl groups excluding tert-OH is 1. The molecule has 0 spiro atoms. The van der Waals surface area contributed by atoms with Crippen molar-refractivity contribution in [3.63, 3.8) is 0 Å². The van der Waals surface area contributed by atoms with Crippen LogP contribution in [0.15, 0.2) is 30.5 Å². The molecule has 0 bridgehead atoms. The zero-order valence-corrected chi connectivity index (χ0v) is 10.8. The molecule has 0 amide bonds. The molecule has 3 heteroatoms. The fourth-order valence-electron chi connectivity index (χ4n) is 2.90. The maximum absolute atomic E-state index is 10.2. The average Bonchev–Trinajstić information content (AvgIpc) is 2.72. The number of hydrogen-bond donors (Lipinski definition) is 1. The van der Waals surface area contributed by atoms with Crippen LogP contribution in [0.3, 0.4) is 0 Å². The number of benzene rings is 1. The van der Waals surface area contributed by atoms with E-state index in [1.165, 1.54) is 16.8 Å². The molecule has 0 radical (unpaired) electrons. The van der Waals surface area contributed by atoms with E-state index < -0.39 is 0 Å². The van der Waals surface area contributed by atoms with E-state index in [2.05, 4.69) is 36.3 Å². The first-order valence-corrected chi connectivity index (χ1v) is 6.40. The number of aliphatic hydroxyl groups is 1. The lowest BCUT2D eigenvalue weighted by molar-refractivity contribution is 0.147. The van der Waals surface area contributed by atoms with Gasteiger partial charge in [-0.15, -0.1) is 0 Å². The zero-order chi connectivity index (χ0) is 12.7. The van der Waals surface area contributed by atoms with Crippen molar-refractivity contribution in [3.05, 3.63) is 52.8 Å². The first-order chi connectivity index (χ1) is 8.65. The highest BCUT2D eigenvalue weighted by molar-refractivity contribution is 5.32. The molecule has 18 heavy (non-hydrogen) atoms. The van der Waals surface area contributed by atoms with Crippen LogP contribution in [0, 0.1) is 6.92 Å². The van der Waals surface area contributed by atoms with Gasteiger partial charge in [-0.2, -0.15) is 5.10 Å². The summed E-state index contributed by atoms with van der Waals surface area (Å²) in [5, 5.41) is 14.5. The molecular weight excluding hydrogens is 224 g/mol. The van der Waals surface area contributed by atoms with Gasteiger partial charge in [-0.05, 0) is 31.2 Å². The Labute approximate surface area is 107 Å². The minimum absolute atomic E-state index is 0.382. The molecule has 0 saturated heterocycles. The van der Waals surface area contributed by atoms with Crippen LogP contribution in [0.1, 0.15) is 40.8 Å². The Balaban J connectivity index is 1.96. The fraction of sp³-hybridized carbons (Fsp3) is 0.400. The summed E-state index contributed by atoms with van der Waals surface area (Å²) in [6.07, 6.45) is 3.17. The van der Waals surface area contributed by atoms with E-state index in [9.17, 15) is 5.11 Å². The van der Waals surface area contributed by atoms with Gasteiger partial charge in [0.1, 0.15) is 0 Å². The van der Waals surface area contributed by atoms with Gasteiger partial charge in [-0.25, -0.2) is 0 Å². The predicted molar refractivity (Wildman–Crippen MR) is 70.4 cm³/mol. The summed E-state index contributed by atoms with van der Waals surface area (Å²) in [5.74, 6) is 0.391. The van der Waals surface area contributed by atoms with Gasteiger partial charge in [-0.1, -0.05) is 29.8 Å². The van der Waals surface area contributed by atoms with Crippen molar-refractivity contribution < 1.29 is 5.11 Å². The van der Waals surface area contributed by atoms with E-state index in [0.29, 0.717) is 5.92 Å². The van der Waals surface area contributed by atoms with Gasteiger partial charge >= 0.3 is 0 Å². The summed E-state index contributed by atoms with van der Waals surface area (Å²) in [7, 11) is 1.95. The second-order valence-corrected chi connectivity index (χ2v) is 5.24. The highest BCUT2D eigenvalue weighted by Gasteiger charge is 2.29. The lowest BCUT2D eigenvalue weighted by Crippen LogP contribution is -2.18. The summed E-state index contributed by atoms with van der Waals surface area (Å²) >= 11 is 0. The molecule has 1 N–H and O–H groups in total. The Kier molecular flexibility index (Phi) is 2.71. The number of fused-ring (bicyclic) bond motifs is 1. The third-order valence-corrected chi connectivity index (χ3v) is 3.91. The summed E-state index contributed by atoms with van der Waals surface area (Å²) in [5.41, 5.74) is 4.76. The standard InChI is InChI=1S/C15H18N2O/c1-10-4-3-5-11(6-10)12-7-14-13(15(18)8-12)9-16-17(14)2/h3-6,9,12,15,18H,7-8H2,1-2H3. The molecule has 1 heterocycles. The monoisotopic (exact) mass is 242 g/mol. The third kappa shape index (κ3) is 1.85. The number of nitrogens with zero attached hydrogens (tertiary/aromatic N) is 2. The van der Waals surface area contributed by atoms with E-state index in [1.807, 2.05) is 11.7 Å². The van der Waals surface area contributed by atoms with Crippen molar-refractivity contribution in [2.24, 2.45) is 7.05 Å². The molecule has 0 aliphatic heterocycles. The van der Waals surface area contributed by atoms with E-state index in [-0.39, 0.29) is 6.10 Å². The van der Waals surface area contributed by atoms with Crippen molar-refractivity contribution in [2.45, 2.75) is 31.8 Å². The maximum atomic E-state index is 10.2. The molecule has 2 atom stereocenters. The molecule has 1 aliphatic carbocycles. The summed E-state index contributed by atoms with van der Waals surface area (Å²) in [6, 6.07) is 8.58. The Hall–Kier alpha value is -1.61. The maximum Gasteiger partial charge on any atom is 0.0829 e. The molecule has 1 aliphatic rings. The molecule has 94 valence electrons. The third-order valence-electron chi connectivity index (χ3n) is 3.91. The lowest BCUT2D eigenvalue weighted by atomic mass is 9.81. The van der Waals surface area contributed by atoms with Gasteiger partial charge < -0.3 is 5.11 Å². The molecule has 1 aromatic heterocycles. The Morgan fingerprint density at radius 3 is 3.00 bits per heavy atom. The van der Waals surface area contributed by atoms with Crippen LogP contribution in [0.4, 0.5) is 0 Å². The Morgan fingerprint density at radius 1 is 1.39 bits per heavy atom. The van der Waals surface area contributed by atoms with Crippen LogP contribution in [-0.2, 0) is 13.5 Å². The first kappa shape index (κ1) is 11.5. The first-order valence-electron chi connectivity index (χ1n) is 6.40. The minimum Gasteiger partial charge on any atom is -0.388 e. The molecule has 3 rings (SSSR count). The van der Waals surface area contributed by atoms with Crippen molar-refractivity contribution in [2.75, 3.05) is 0 Å². The van der Waals surface area contributed by atoms with Gasteiger partial charge in [0.05, 0.1) is 12.3 Å². The number of aryl methyl sites for hydroxylation is 2. The van der Waals surface area contributed by atoms with Crippen molar-refractivity contribution in [1.29, 1.82) is 0 Å². The van der Waals surface area contributed by atoms with Gasteiger partial charge in [0.15, 0.2) is 0 Å². The predicted octanol–water partition coefficient (Wildman–Crippen LogP) is 2.49. The van der Waals surface area contributed by atoms with E-state index in [0.717, 1.165) is 18.4 Å². The van der Waals surface area contributed by atoms with Gasteiger partial charge in [0.25, 0.3) is 0 Å². The smallest absolute Gasteiger partial charge is 0.0829 e. The Morgan fingerprint density at radius 2 is 2.22 bits per heavy atom. The summed E-state index contributed by atoms with van der Waals surface area (Å²) in [6.45, 7) is 2.11. The molecule has 1 aromatic carbocycles. The van der Waals surface area contributed by atoms with Crippen LogP contribution >= 0.6 is 0 Å². The van der Waals surface area contributed by atoms with Crippen molar-refractivity contribution in [1.82, 2.24) is 9.78 Å². The summed E-state index contributed by atoms with van der Waals surface area (Å²) < 4.78 is 1.89. The van der Waals surface area contributed by atoms with Crippen molar-refractivity contribution in [3.8, 4) is 0 Å². The largest absolute Gasteiger partial charge is 0.388 e. The number of rotatable bonds is 1. The van der Waals surface area contributed by atoms with Gasteiger partial charge in [0.2, 0.25) is 0 Å². The molecular formula is C15H18N2O. The molecule has 0 saturated carbocycles. The second-order valence-electron chi connectivity index (χ2n) is 5.24. The number of aromatic nitrogens is 2. The number of hydrogen-bond acceptors (Lipinski definition) is 2.